The van der Waals surface area contributed by atoms with E-state index >= 15 is 0 Å². The van der Waals surface area contributed by atoms with Gasteiger partial charge in [-0.3, -0.25) is 4.79 Å². The van der Waals surface area contributed by atoms with Crippen molar-refractivity contribution >= 4 is 11.9 Å². The third-order valence-corrected chi connectivity index (χ3v) is 3.38. The van der Waals surface area contributed by atoms with Crippen molar-refractivity contribution in [2.75, 3.05) is 19.7 Å². The molecule has 122 valence electrons. The van der Waals surface area contributed by atoms with E-state index in [9.17, 15) is 9.59 Å². The molecule has 1 aliphatic rings. The number of aromatic nitrogens is 1. The minimum atomic E-state index is -0.505. The first-order valence-corrected chi connectivity index (χ1v) is 7.61. The van der Waals surface area contributed by atoms with Crippen LogP contribution in [-0.2, 0) is 9.47 Å². The van der Waals surface area contributed by atoms with Crippen LogP contribution in [0.1, 0.15) is 44.1 Å². The van der Waals surface area contributed by atoms with Gasteiger partial charge >= 0.3 is 6.09 Å². The first-order chi connectivity index (χ1) is 10.3. The second-order valence-electron chi connectivity index (χ2n) is 6.51. The summed E-state index contributed by atoms with van der Waals surface area (Å²) in [5, 5.41) is 0. The summed E-state index contributed by atoms with van der Waals surface area (Å²) in [6.45, 7) is 6.69. The molecule has 0 aromatic carbocycles. The molecule has 6 nitrogen and oxygen atoms in total. The highest BCUT2D eigenvalue weighted by molar-refractivity contribution is 5.95. The van der Waals surface area contributed by atoms with E-state index in [1.54, 1.807) is 23.2 Å². The van der Waals surface area contributed by atoms with Gasteiger partial charge in [-0.2, -0.15) is 0 Å². The first-order valence-electron chi connectivity index (χ1n) is 7.61. The van der Waals surface area contributed by atoms with Crippen molar-refractivity contribution in [2.24, 2.45) is 0 Å². The second-order valence-corrected chi connectivity index (χ2v) is 6.51. The summed E-state index contributed by atoms with van der Waals surface area (Å²) in [6, 6.07) is 3.50. The molecule has 0 spiro atoms. The maximum atomic E-state index is 12.1. The van der Waals surface area contributed by atoms with Gasteiger partial charge in [0.2, 0.25) is 5.78 Å². The number of rotatable bonds is 4. The highest BCUT2D eigenvalue weighted by Crippen LogP contribution is 2.17. The lowest BCUT2D eigenvalue weighted by molar-refractivity contribution is -0.0163. The van der Waals surface area contributed by atoms with E-state index < -0.39 is 5.60 Å². The van der Waals surface area contributed by atoms with Gasteiger partial charge in [-0.05, 0) is 45.7 Å². The zero-order valence-electron chi connectivity index (χ0n) is 13.4. The maximum absolute atomic E-state index is 12.1. The lowest BCUT2D eigenvalue weighted by Gasteiger charge is -2.33. The Morgan fingerprint density at radius 1 is 1.41 bits per heavy atom. The molecular formula is C16H24N2O4. The van der Waals surface area contributed by atoms with Gasteiger partial charge in [-0.15, -0.1) is 0 Å². The van der Waals surface area contributed by atoms with E-state index in [0.29, 0.717) is 18.8 Å². The molecule has 1 N–H and O–H groups in total. The van der Waals surface area contributed by atoms with E-state index in [0.717, 1.165) is 12.8 Å². The van der Waals surface area contributed by atoms with Crippen LogP contribution in [0, 0.1) is 0 Å². The van der Waals surface area contributed by atoms with Gasteiger partial charge in [0.05, 0.1) is 18.3 Å². The van der Waals surface area contributed by atoms with Gasteiger partial charge < -0.3 is 19.4 Å². The number of carbonyl (C=O) groups excluding carboxylic acids is 2. The highest BCUT2D eigenvalue weighted by Gasteiger charge is 2.28. The summed E-state index contributed by atoms with van der Waals surface area (Å²) in [5.41, 5.74) is 0.0360. The van der Waals surface area contributed by atoms with Crippen LogP contribution < -0.4 is 0 Å². The molecule has 1 unspecified atom stereocenters. The Morgan fingerprint density at radius 2 is 2.18 bits per heavy atom. The highest BCUT2D eigenvalue weighted by atomic mass is 16.6. The lowest BCUT2D eigenvalue weighted by Crippen LogP contribution is -2.45. The van der Waals surface area contributed by atoms with Crippen LogP contribution in [0.4, 0.5) is 4.79 Å². The summed E-state index contributed by atoms with van der Waals surface area (Å²) in [4.78, 5) is 28.5. The van der Waals surface area contributed by atoms with E-state index in [1.165, 1.54) is 0 Å². The van der Waals surface area contributed by atoms with E-state index in [2.05, 4.69) is 4.98 Å². The van der Waals surface area contributed by atoms with Crippen molar-refractivity contribution in [2.45, 2.75) is 45.3 Å². The van der Waals surface area contributed by atoms with Gasteiger partial charge in [0, 0.05) is 12.7 Å². The number of hydrogen-bond donors (Lipinski definition) is 1. The Labute approximate surface area is 130 Å². The molecule has 2 rings (SSSR count). The number of carbonyl (C=O) groups is 2. The van der Waals surface area contributed by atoms with Crippen LogP contribution in [0.3, 0.4) is 0 Å². The van der Waals surface area contributed by atoms with Crippen LogP contribution in [0.5, 0.6) is 0 Å². The SMILES string of the molecule is CC(C)(C)OC(=O)N1CCCC(OCC(=O)c2ccc[nH]2)C1. The summed E-state index contributed by atoms with van der Waals surface area (Å²) >= 11 is 0. The van der Waals surface area contributed by atoms with Crippen LogP contribution in [-0.4, -0.2) is 53.2 Å². The van der Waals surface area contributed by atoms with Crippen molar-refractivity contribution in [1.82, 2.24) is 9.88 Å². The third kappa shape index (κ3) is 4.87. The minimum Gasteiger partial charge on any atom is -0.444 e. The average Bonchev–Trinajstić information content (AvgIpc) is 2.97. The number of likely N-dealkylation sites (tertiary alicyclic amines) is 1. The summed E-state index contributed by atoms with van der Waals surface area (Å²) in [7, 11) is 0. The molecule has 1 saturated heterocycles. The zero-order valence-corrected chi connectivity index (χ0v) is 13.4. The smallest absolute Gasteiger partial charge is 0.410 e. The van der Waals surface area contributed by atoms with Crippen molar-refractivity contribution in [3.05, 3.63) is 24.0 Å². The molecule has 6 heteroatoms. The number of hydrogen-bond acceptors (Lipinski definition) is 4. The number of nitrogens with zero attached hydrogens (tertiary/aromatic N) is 1. The van der Waals surface area contributed by atoms with Crippen molar-refractivity contribution in [3.8, 4) is 0 Å². The van der Waals surface area contributed by atoms with Gasteiger partial charge in [0.15, 0.2) is 0 Å². The quantitative estimate of drug-likeness (QED) is 0.868. The topological polar surface area (TPSA) is 71.6 Å². The van der Waals surface area contributed by atoms with E-state index in [4.69, 9.17) is 9.47 Å². The van der Waals surface area contributed by atoms with Crippen LogP contribution >= 0.6 is 0 Å². The van der Waals surface area contributed by atoms with Crippen LogP contribution in [0.15, 0.2) is 18.3 Å². The number of amides is 1. The monoisotopic (exact) mass is 308 g/mol. The molecule has 1 aliphatic heterocycles. The number of ether oxygens (including phenoxy) is 2. The summed E-state index contributed by atoms with van der Waals surface area (Å²) < 4.78 is 11.0. The molecule has 1 fully saturated rings. The minimum absolute atomic E-state index is 0.0212. The maximum Gasteiger partial charge on any atom is 0.410 e. The predicted octanol–water partition coefficient (Wildman–Crippen LogP) is 2.61. The van der Waals surface area contributed by atoms with Gasteiger partial charge in [0.25, 0.3) is 0 Å². The van der Waals surface area contributed by atoms with E-state index in [-0.39, 0.29) is 24.6 Å². The molecular weight excluding hydrogens is 284 g/mol. The molecule has 1 aromatic rings. The Morgan fingerprint density at radius 3 is 2.82 bits per heavy atom. The van der Waals surface area contributed by atoms with Crippen molar-refractivity contribution < 1.29 is 19.1 Å². The molecule has 0 saturated carbocycles. The van der Waals surface area contributed by atoms with Crippen molar-refractivity contribution in [1.29, 1.82) is 0 Å². The molecule has 0 aliphatic carbocycles. The number of H-pyrrole nitrogens is 1. The number of ketones is 1. The van der Waals surface area contributed by atoms with Gasteiger partial charge in [-0.25, -0.2) is 4.79 Å². The van der Waals surface area contributed by atoms with Gasteiger partial charge in [0.1, 0.15) is 12.2 Å². The standard InChI is InChI=1S/C16H24N2O4/c1-16(2,3)22-15(20)18-9-5-6-12(10-18)21-11-14(19)13-7-4-8-17-13/h4,7-8,12,17H,5-6,9-11H2,1-3H3. The lowest BCUT2D eigenvalue weighted by atomic mass is 10.1. The fraction of sp³-hybridized carbons (Fsp3) is 0.625. The summed E-state index contributed by atoms with van der Waals surface area (Å²) in [5.74, 6) is -0.0839. The Bertz CT molecular complexity index is 505. The normalized spacial score (nSPS) is 19.0. The number of nitrogens with one attached hydrogen (secondary N) is 1. The number of piperidine rings is 1. The van der Waals surface area contributed by atoms with Crippen LogP contribution in [0.2, 0.25) is 0 Å². The Hall–Kier alpha value is -1.82. The first kappa shape index (κ1) is 16.5. The van der Waals surface area contributed by atoms with Crippen LogP contribution in [0.25, 0.3) is 0 Å². The molecule has 1 atom stereocenters. The van der Waals surface area contributed by atoms with Gasteiger partial charge in [-0.1, -0.05) is 0 Å². The molecule has 22 heavy (non-hydrogen) atoms. The molecule has 0 bridgehead atoms. The fourth-order valence-corrected chi connectivity index (χ4v) is 2.34. The predicted molar refractivity (Wildman–Crippen MR) is 81.9 cm³/mol. The zero-order chi connectivity index (χ0) is 16.2. The average molecular weight is 308 g/mol. The van der Waals surface area contributed by atoms with E-state index in [1.807, 2.05) is 20.8 Å². The molecule has 1 aromatic heterocycles. The molecule has 1 amide bonds. The number of aromatic amines is 1. The van der Waals surface area contributed by atoms with Crippen molar-refractivity contribution in [3.63, 3.8) is 0 Å². The molecule has 2 heterocycles. The third-order valence-electron chi connectivity index (χ3n) is 3.38. The summed E-state index contributed by atoms with van der Waals surface area (Å²) in [6.07, 6.45) is 2.95. The Kier molecular flexibility index (Phi) is 5.24. The second kappa shape index (κ2) is 6.96. The molecule has 0 radical (unpaired) electrons. The fourth-order valence-electron chi connectivity index (χ4n) is 2.34. The Balaban J connectivity index is 1.80. The largest absolute Gasteiger partial charge is 0.444 e. The number of Topliss-reactive ketones (excluding diaryl/α,β-unsaturated/α-hetero) is 1.